The molecule has 0 bridgehead atoms. The second kappa shape index (κ2) is 6.35. The van der Waals surface area contributed by atoms with E-state index in [9.17, 15) is 4.79 Å². The van der Waals surface area contributed by atoms with Crippen molar-refractivity contribution in [1.29, 1.82) is 0 Å². The van der Waals surface area contributed by atoms with Crippen LogP contribution in [0.15, 0.2) is 18.5 Å². The van der Waals surface area contributed by atoms with Crippen LogP contribution in [-0.2, 0) is 7.05 Å². The van der Waals surface area contributed by atoms with E-state index >= 15 is 0 Å². The summed E-state index contributed by atoms with van der Waals surface area (Å²) in [4.78, 5) is 16.7. The van der Waals surface area contributed by atoms with Crippen molar-refractivity contribution >= 4 is 5.78 Å². The summed E-state index contributed by atoms with van der Waals surface area (Å²) in [6, 6.07) is 1.89. The van der Waals surface area contributed by atoms with Crippen LogP contribution in [0.2, 0.25) is 0 Å². The molecule has 1 saturated heterocycles. The van der Waals surface area contributed by atoms with E-state index in [2.05, 4.69) is 23.9 Å². The molecule has 0 aromatic carbocycles. The second-order valence-corrected chi connectivity index (χ2v) is 5.93. The van der Waals surface area contributed by atoms with Crippen molar-refractivity contribution in [2.45, 2.75) is 12.8 Å². The number of nitrogens with zero attached hydrogens (tertiary/aromatic N) is 3. The molecule has 0 saturated carbocycles. The third kappa shape index (κ3) is 4.18. The van der Waals surface area contributed by atoms with Crippen LogP contribution in [0.4, 0.5) is 0 Å². The van der Waals surface area contributed by atoms with Crippen molar-refractivity contribution in [3.63, 3.8) is 0 Å². The summed E-state index contributed by atoms with van der Waals surface area (Å²) in [6.45, 7) is 3.93. The van der Waals surface area contributed by atoms with Gasteiger partial charge in [0.1, 0.15) is 0 Å². The summed E-state index contributed by atoms with van der Waals surface area (Å²) in [5, 5.41) is 0. The minimum absolute atomic E-state index is 0.219. The van der Waals surface area contributed by atoms with E-state index in [-0.39, 0.29) is 5.78 Å². The molecule has 106 valence electrons. The van der Waals surface area contributed by atoms with Gasteiger partial charge in [0.05, 0.1) is 6.54 Å². The zero-order chi connectivity index (χ0) is 13.8. The Labute approximate surface area is 116 Å². The highest BCUT2D eigenvalue weighted by Crippen LogP contribution is 2.16. The molecule has 1 aliphatic heterocycles. The topological polar surface area (TPSA) is 28.5 Å². The van der Waals surface area contributed by atoms with Crippen molar-refractivity contribution < 1.29 is 4.79 Å². The second-order valence-electron chi connectivity index (χ2n) is 5.93. The number of aromatic nitrogens is 1. The smallest absolute Gasteiger partial charge is 0.178 e. The number of Topliss-reactive ketones (excluding diaryl/α,β-unsaturated/α-hetero) is 1. The first-order chi connectivity index (χ1) is 9.04. The molecule has 2 heterocycles. The summed E-state index contributed by atoms with van der Waals surface area (Å²) < 4.78 is 1.92. The van der Waals surface area contributed by atoms with Gasteiger partial charge < -0.3 is 9.47 Å². The van der Waals surface area contributed by atoms with E-state index in [1.54, 1.807) is 0 Å². The van der Waals surface area contributed by atoms with Crippen molar-refractivity contribution in [3.8, 4) is 0 Å². The van der Waals surface area contributed by atoms with Gasteiger partial charge in [0.25, 0.3) is 0 Å². The van der Waals surface area contributed by atoms with Gasteiger partial charge in [-0.2, -0.15) is 0 Å². The Morgan fingerprint density at radius 2 is 2.05 bits per heavy atom. The summed E-state index contributed by atoms with van der Waals surface area (Å²) in [7, 11) is 6.18. The predicted octanol–water partition coefficient (Wildman–Crippen LogP) is 1.48. The van der Waals surface area contributed by atoms with Gasteiger partial charge in [0, 0.05) is 31.5 Å². The Balaban J connectivity index is 1.78. The highest BCUT2D eigenvalue weighted by atomic mass is 16.1. The maximum absolute atomic E-state index is 12.1. The number of aryl methyl sites for hydroxylation is 1. The van der Waals surface area contributed by atoms with Gasteiger partial charge >= 0.3 is 0 Å². The molecule has 4 heteroatoms. The molecule has 1 aromatic heterocycles. The molecule has 0 aliphatic carbocycles. The van der Waals surface area contributed by atoms with Gasteiger partial charge in [-0.25, -0.2) is 0 Å². The fraction of sp³-hybridized carbons (Fsp3) is 0.667. The summed E-state index contributed by atoms with van der Waals surface area (Å²) in [6.07, 6.45) is 6.32. The van der Waals surface area contributed by atoms with E-state index in [1.807, 2.05) is 30.1 Å². The third-order valence-electron chi connectivity index (χ3n) is 3.98. The highest BCUT2D eigenvalue weighted by molar-refractivity contribution is 5.97. The lowest BCUT2D eigenvalue weighted by Crippen LogP contribution is -2.37. The normalized spacial score (nSPS) is 18.1. The number of ketones is 1. The van der Waals surface area contributed by atoms with E-state index in [0.717, 1.165) is 18.0 Å². The SMILES string of the molecule is CN1CCC(CN(C)CC(=O)c2ccn(C)c2)CC1. The number of carbonyl (C=O) groups is 1. The van der Waals surface area contributed by atoms with Crippen LogP contribution in [0.5, 0.6) is 0 Å². The fourth-order valence-electron chi connectivity index (χ4n) is 2.75. The van der Waals surface area contributed by atoms with E-state index < -0.39 is 0 Å². The number of hydrogen-bond donors (Lipinski definition) is 0. The van der Waals surface area contributed by atoms with E-state index in [1.165, 1.54) is 25.9 Å². The van der Waals surface area contributed by atoms with Crippen molar-refractivity contribution in [2.24, 2.45) is 13.0 Å². The molecular formula is C15H25N3O. The van der Waals surface area contributed by atoms with Crippen LogP contribution in [-0.4, -0.2) is 60.4 Å². The molecule has 1 fully saturated rings. The summed E-state index contributed by atoms with van der Waals surface area (Å²) in [5.74, 6) is 0.959. The number of likely N-dealkylation sites (N-methyl/N-ethyl adjacent to an activating group) is 1. The molecule has 0 N–H and O–H groups in total. The maximum Gasteiger partial charge on any atom is 0.178 e. The van der Waals surface area contributed by atoms with Gasteiger partial charge in [0.15, 0.2) is 5.78 Å². The highest BCUT2D eigenvalue weighted by Gasteiger charge is 2.19. The average Bonchev–Trinajstić information content (AvgIpc) is 2.79. The third-order valence-corrected chi connectivity index (χ3v) is 3.98. The van der Waals surface area contributed by atoms with E-state index in [0.29, 0.717) is 6.54 Å². The minimum Gasteiger partial charge on any atom is -0.357 e. The zero-order valence-electron chi connectivity index (χ0n) is 12.3. The molecule has 0 unspecified atom stereocenters. The summed E-state index contributed by atoms with van der Waals surface area (Å²) >= 11 is 0. The monoisotopic (exact) mass is 263 g/mol. The fourth-order valence-corrected chi connectivity index (χ4v) is 2.75. The molecule has 19 heavy (non-hydrogen) atoms. The number of hydrogen-bond acceptors (Lipinski definition) is 3. The Morgan fingerprint density at radius 3 is 2.63 bits per heavy atom. The molecule has 1 aromatic rings. The average molecular weight is 263 g/mol. The van der Waals surface area contributed by atoms with Gasteiger partial charge in [-0.05, 0) is 52.0 Å². The Hall–Kier alpha value is -1.13. The lowest BCUT2D eigenvalue weighted by atomic mass is 9.96. The Morgan fingerprint density at radius 1 is 1.37 bits per heavy atom. The Bertz CT molecular complexity index is 419. The van der Waals surface area contributed by atoms with Gasteiger partial charge in [-0.3, -0.25) is 9.69 Å². The van der Waals surface area contributed by atoms with Gasteiger partial charge in [0.2, 0.25) is 0 Å². The lowest BCUT2D eigenvalue weighted by molar-refractivity contribution is 0.0925. The maximum atomic E-state index is 12.1. The van der Waals surface area contributed by atoms with Gasteiger partial charge in [-0.15, -0.1) is 0 Å². The Kier molecular flexibility index (Phi) is 4.77. The van der Waals surface area contributed by atoms with Gasteiger partial charge in [-0.1, -0.05) is 0 Å². The number of likely N-dealkylation sites (tertiary alicyclic amines) is 1. The molecule has 4 nitrogen and oxygen atoms in total. The van der Waals surface area contributed by atoms with E-state index in [4.69, 9.17) is 0 Å². The minimum atomic E-state index is 0.219. The van der Waals surface area contributed by atoms with Crippen molar-refractivity contribution in [1.82, 2.24) is 14.4 Å². The first kappa shape index (κ1) is 14.3. The standard InChI is InChI=1S/C15H25N3O/c1-16-7-4-13(5-8-16)10-18(3)12-15(19)14-6-9-17(2)11-14/h6,9,11,13H,4-5,7-8,10,12H2,1-3H3. The quantitative estimate of drug-likeness (QED) is 0.753. The first-order valence-electron chi connectivity index (χ1n) is 7.07. The number of piperidine rings is 1. The van der Waals surface area contributed by atoms with Crippen LogP contribution in [0.3, 0.4) is 0 Å². The largest absolute Gasteiger partial charge is 0.357 e. The molecule has 0 radical (unpaired) electrons. The van der Waals surface area contributed by atoms with Crippen LogP contribution >= 0.6 is 0 Å². The molecule has 0 amide bonds. The lowest BCUT2D eigenvalue weighted by Gasteiger charge is -2.31. The van der Waals surface area contributed by atoms with Crippen molar-refractivity contribution in [2.75, 3.05) is 40.3 Å². The molecule has 0 atom stereocenters. The van der Waals surface area contributed by atoms with Crippen molar-refractivity contribution in [3.05, 3.63) is 24.0 Å². The molecule has 2 rings (SSSR count). The number of rotatable bonds is 5. The predicted molar refractivity (Wildman–Crippen MR) is 77.5 cm³/mol. The van der Waals surface area contributed by atoms with Crippen LogP contribution in [0, 0.1) is 5.92 Å². The first-order valence-corrected chi connectivity index (χ1v) is 7.07. The summed E-state index contributed by atoms with van der Waals surface area (Å²) in [5.41, 5.74) is 0.817. The molecular weight excluding hydrogens is 238 g/mol. The zero-order valence-corrected chi connectivity index (χ0v) is 12.3. The number of carbonyl (C=O) groups excluding carboxylic acids is 1. The van der Waals surface area contributed by atoms with Crippen LogP contribution < -0.4 is 0 Å². The van der Waals surface area contributed by atoms with Crippen LogP contribution in [0.25, 0.3) is 0 Å². The molecule has 0 spiro atoms. The van der Waals surface area contributed by atoms with Crippen LogP contribution in [0.1, 0.15) is 23.2 Å². The molecule has 1 aliphatic rings.